The molecule has 0 heteroatoms. The molecule has 0 unspecified atom stereocenters. The van der Waals surface area contributed by atoms with Gasteiger partial charge in [0.2, 0.25) is 0 Å². The van der Waals surface area contributed by atoms with Crippen LogP contribution in [-0.4, -0.2) is 0 Å². The third kappa shape index (κ3) is 5.28. The summed E-state index contributed by atoms with van der Waals surface area (Å²) in [6.45, 7) is 0. The molecule has 0 amide bonds. The maximum Gasteiger partial charge on any atom is -0.00199 e. The molecule has 50 heavy (non-hydrogen) atoms. The summed E-state index contributed by atoms with van der Waals surface area (Å²) in [6, 6.07) is 74.9. The smallest absolute Gasteiger partial charge is 0.00199 e. The van der Waals surface area contributed by atoms with Gasteiger partial charge in [-0.05, 0) is 100 Å². The number of benzene rings is 9. The molecule has 0 nitrogen and oxygen atoms in total. The Morgan fingerprint density at radius 2 is 0.540 bits per heavy atom. The Morgan fingerprint density at radius 3 is 1.08 bits per heavy atom. The van der Waals surface area contributed by atoms with Crippen LogP contribution < -0.4 is 0 Å². The molecule has 0 aliphatic carbocycles. The van der Waals surface area contributed by atoms with E-state index >= 15 is 0 Å². The molecule has 0 bridgehead atoms. The fourth-order valence-corrected chi connectivity index (χ4v) is 7.63. The molecule has 0 heterocycles. The molecular weight excluding hydrogens is 601 g/mol. The van der Waals surface area contributed by atoms with E-state index < -0.39 is 0 Å². The van der Waals surface area contributed by atoms with Crippen molar-refractivity contribution in [1.29, 1.82) is 0 Å². The van der Waals surface area contributed by atoms with E-state index in [1.54, 1.807) is 0 Å². The van der Waals surface area contributed by atoms with Crippen LogP contribution >= 0.6 is 0 Å². The van der Waals surface area contributed by atoms with Crippen LogP contribution in [-0.2, 0) is 0 Å². The lowest BCUT2D eigenvalue weighted by Crippen LogP contribution is -1.95. The van der Waals surface area contributed by atoms with Crippen molar-refractivity contribution in [1.82, 2.24) is 0 Å². The second kappa shape index (κ2) is 12.8. The van der Waals surface area contributed by atoms with Crippen molar-refractivity contribution in [2.24, 2.45) is 0 Å². The molecule has 0 fully saturated rings. The average Bonchev–Trinajstić information content (AvgIpc) is 3.20. The lowest BCUT2D eigenvalue weighted by Gasteiger charge is -2.22. The first-order chi connectivity index (χ1) is 24.8. The minimum Gasteiger partial charge on any atom is -0.0622 e. The molecule has 0 N–H and O–H groups in total. The quantitative estimate of drug-likeness (QED) is 0.160. The van der Waals surface area contributed by atoms with E-state index in [4.69, 9.17) is 0 Å². The highest BCUT2D eigenvalue weighted by Gasteiger charge is 2.21. The Bertz CT molecular complexity index is 2560. The Labute approximate surface area is 293 Å². The number of rotatable bonds is 6. The maximum atomic E-state index is 2.35. The van der Waals surface area contributed by atoms with Crippen molar-refractivity contribution < 1.29 is 0 Å². The van der Waals surface area contributed by atoms with Gasteiger partial charge in [0, 0.05) is 0 Å². The SMILES string of the molecule is c1ccc(-c2cccc(-c3cccc(-c4c5ccccc5c(-c5cccc(-c6ccccc6)c5)c5ccccc45)c3-c3ccccc3)c2)cc1. The molecule has 0 saturated heterocycles. The summed E-state index contributed by atoms with van der Waals surface area (Å²) < 4.78 is 0. The number of hydrogen-bond acceptors (Lipinski definition) is 0. The van der Waals surface area contributed by atoms with Crippen molar-refractivity contribution in [3.05, 3.63) is 206 Å². The van der Waals surface area contributed by atoms with Crippen LogP contribution in [0.25, 0.3) is 88.3 Å². The Hall–Kier alpha value is -6.50. The highest BCUT2D eigenvalue weighted by Crippen LogP contribution is 2.48. The fourth-order valence-electron chi connectivity index (χ4n) is 7.63. The molecule has 0 aliphatic heterocycles. The largest absolute Gasteiger partial charge is 0.0622 e. The van der Waals surface area contributed by atoms with E-state index in [2.05, 4.69) is 206 Å². The molecule has 0 atom stereocenters. The van der Waals surface area contributed by atoms with Gasteiger partial charge in [0.05, 0.1) is 0 Å². The van der Waals surface area contributed by atoms with Gasteiger partial charge >= 0.3 is 0 Å². The van der Waals surface area contributed by atoms with Gasteiger partial charge in [-0.25, -0.2) is 0 Å². The van der Waals surface area contributed by atoms with Crippen molar-refractivity contribution in [3.63, 3.8) is 0 Å². The minimum atomic E-state index is 1.20. The van der Waals surface area contributed by atoms with E-state index in [1.807, 2.05) is 0 Å². The highest BCUT2D eigenvalue weighted by atomic mass is 14.2. The van der Waals surface area contributed by atoms with Gasteiger partial charge in [0.25, 0.3) is 0 Å². The standard InChI is InChI=1S/C50H34/c1-4-17-35(18-5-1)38-23-14-25-40(33-38)42-31-16-32-47(48(42)37-21-8-3-9-22-37)50-45-29-12-10-27-43(45)49(44-28-11-13-30-46(44)50)41-26-15-24-39(34-41)36-19-6-2-7-20-36/h1-34H. The van der Waals surface area contributed by atoms with Gasteiger partial charge in [0.15, 0.2) is 0 Å². The van der Waals surface area contributed by atoms with E-state index in [1.165, 1.54) is 88.3 Å². The van der Waals surface area contributed by atoms with Gasteiger partial charge in [-0.2, -0.15) is 0 Å². The zero-order valence-corrected chi connectivity index (χ0v) is 27.6. The summed E-state index contributed by atoms with van der Waals surface area (Å²) in [5.74, 6) is 0. The average molecular weight is 635 g/mol. The lowest BCUT2D eigenvalue weighted by atomic mass is 9.81. The topological polar surface area (TPSA) is 0 Å². The Morgan fingerprint density at radius 1 is 0.180 bits per heavy atom. The molecule has 9 rings (SSSR count). The normalized spacial score (nSPS) is 11.2. The van der Waals surface area contributed by atoms with E-state index in [0.717, 1.165) is 0 Å². The summed E-state index contributed by atoms with van der Waals surface area (Å²) in [6.07, 6.45) is 0. The molecule has 234 valence electrons. The van der Waals surface area contributed by atoms with Crippen LogP contribution in [0.15, 0.2) is 206 Å². The summed E-state index contributed by atoms with van der Waals surface area (Å²) in [5.41, 5.74) is 14.7. The van der Waals surface area contributed by atoms with Crippen molar-refractivity contribution in [3.8, 4) is 66.8 Å². The second-order valence-corrected chi connectivity index (χ2v) is 12.8. The van der Waals surface area contributed by atoms with Gasteiger partial charge in [-0.3, -0.25) is 0 Å². The maximum absolute atomic E-state index is 2.35. The molecule has 0 radical (unpaired) electrons. The van der Waals surface area contributed by atoms with Crippen LogP contribution in [0.5, 0.6) is 0 Å². The van der Waals surface area contributed by atoms with Gasteiger partial charge in [-0.15, -0.1) is 0 Å². The van der Waals surface area contributed by atoms with Crippen LogP contribution in [0.2, 0.25) is 0 Å². The minimum absolute atomic E-state index is 1.20. The Kier molecular flexibility index (Phi) is 7.61. The van der Waals surface area contributed by atoms with Crippen LogP contribution in [0.1, 0.15) is 0 Å². The second-order valence-electron chi connectivity index (χ2n) is 12.8. The van der Waals surface area contributed by atoms with E-state index in [-0.39, 0.29) is 0 Å². The summed E-state index contributed by atoms with van der Waals surface area (Å²) >= 11 is 0. The van der Waals surface area contributed by atoms with Crippen molar-refractivity contribution in [2.45, 2.75) is 0 Å². The number of hydrogen-bond donors (Lipinski definition) is 0. The van der Waals surface area contributed by atoms with Crippen molar-refractivity contribution in [2.75, 3.05) is 0 Å². The predicted molar refractivity (Wildman–Crippen MR) is 214 cm³/mol. The number of fused-ring (bicyclic) bond motifs is 2. The predicted octanol–water partition coefficient (Wildman–Crippen LogP) is 14.0. The van der Waals surface area contributed by atoms with Crippen LogP contribution in [0, 0.1) is 0 Å². The summed E-state index contributed by atoms with van der Waals surface area (Å²) in [4.78, 5) is 0. The molecule has 9 aromatic carbocycles. The highest BCUT2D eigenvalue weighted by molar-refractivity contribution is 6.23. The monoisotopic (exact) mass is 634 g/mol. The summed E-state index contributed by atoms with van der Waals surface area (Å²) in [5, 5.41) is 5.00. The molecule has 0 spiro atoms. The molecule has 0 saturated carbocycles. The van der Waals surface area contributed by atoms with E-state index in [0.29, 0.717) is 0 Å². The first-order valence-corrected chi connectivity index (χ1v) is 17.3. The molecular formula is C50H34. The molecule has 0 aromatic heterocycles. The van der Waals surface area contributed by atoms with Gasteiger partial charge in [0.1, 0.15) is 0 Å². The molecule has 0 aliphatic rings. The lowest BCUT2D eigenvalue weighted by molar-refractivity contribution is 1.56. The zero-order chi connectivity index (χ0) is 33.3. The summed E-state index contributed by atoms with van der Waals surface area (Å²) in [7, 11) is 0. The van der Waals surface area contributed by atoms with Crippen molar-refractivity contribution >= 4 is 21.5 Å². The zero-order valence-electron chi connectivity index (χ0n) is 27.6. The van der Waals surface area contributed by atoms with Crippen LogP contribution in [0.4, 0.5) is 0 Å². The van der Waals surface area contributed by atoms with Gasteiger partial charge in [-0.1, -0.05) is 194 Å². The van der Waals surface area contributed by atoms with E-state index in [9.17, 15) is 0 Å². The first kappa shape index (κ1) is 29.6. The first-order valence-electron chi connectivity index (χ1n) is 17.3. The third-order valence-corrected chi connectivity index (χ3v) is 9.87. The molecule has 9 aromatic rings. The fraction of sp³-hybridized carbons (Fsp3) is 0. The van der Waals surface area contributed by atoms with Crippen LogP contribution in [0.3, 0.4) is 0 Å². The van der Waals surface area contributed by atoms with Gasteiger partial charge < -0.3 is 0 Å². The Balaban J connectivity index is 1.33. The third-order valence-electron chi connectivity index (χ3n) is 9.87.